The number of benzene rings is 1. The average molecular weight is 695 g/mol. The molecule has 1 unspecified atom stereocenters. The molecular weight excluding hydrogens is 679 g/mol. The van der Waals surface area contributed by atoms with Gasteiger partial charge in [0.05, 0.1) is 7.11 Å². The number of halogens is 17. The maximum atomic E-state index is 14.4. The Morgan fingerprint density at radius 3 is 1.38 bits per heavy atom. The molecule has 1 aromatic carbocycles. The monoisotopic (exact) mass is 695 g/mol. The quantitative estimate of drug-likeness (QED) is 0.148. The molecule has 42 heavy (non-hydrogen) atoms. The van der Waals surface area contributed by atoms with Gasteiger partial charge in [-0.1, -0.05) is 13.3 Å². The van der Waals surface area contributed by atoms with E-state index in [1.165, 1.54) is 6.92 Å². The molecule has 0 saturated carbocycles. The van der Waals surface area contributed by atoms with Crippen LogP contribution in [0.5, 0.6) is 5.75 Å². The van der Waals surface area contributed by atoms with Crippen LogP contribution in [0, 0.1) is 0 Å². The Hall–Kier alpha value is -1.91. The first-order valence-electron chi connectivity index (χ1n) is 10.5. The fourth-order valence-electron chi connectivity index (χ4n) is 2.65. The summed E-state index contributed by atoms with van der Waals surface area (Å²) in [5.74, 6) is -52.6. The molecule has 0 bridgehead atoms. The van der Waals surface area contributed by atoms with Gasteiger partial charge < -0.3 is 4.74 Å². The normalized spacial score (nSPS) is 16.0. The van der Waals surface area contributed by atoms with Gasteiger partial charge in [0, 0.05) is 12.1 Å². The Bertz CT molecular complexity index is 1180. The maximum Gasteiger partial charge on any atom is 0.460 e. The first-order valence-corrected chi connectivity index (χ1v) is 13.2. The molecule has 0 amide bonds. The van der Waals surface area contributed by atoms with E-state index in [4.69, 9.17) is 4.74 Å². The summed E-state index contributed by atoms with van der Waals surface area (Å²) in [7, 11) is -6.54. The smallest absolute Gasteiger partial charge is 0.460 e. The minimum absolute atomic E-state index is 0.0354. The molecule has 0 fully saturated rings. The van der Waals surface area contributed by atoms with Crippen LogP contribution in [0.4, 0.5) is 74.6 Å². The third-order valence-corrected chi connectivity index (χ3v) is 8.90. The average Bonchev–Trinajstić information content (AvgIpc) is 2.84. The fraction of sp³-hybridized carbons (Fsp3) is 0.684. The molecule has 4 nitrogen and oxygen atoms in total. The molecule has 0 aliphatic carbocycles. The molecule has 0 radical (unpaired) electrons. The number of methoxy groups -OCH3 is 1. The van der Waals surface area contributed by atoms with E-state index in [9.17, 15) is 83.1 Å². The number of alkyl halides is 17. The molecule has 0 heterocycles. The van der Waals surface area contributed by atoms with E-state index in [1.54, 1.807) is 0 Å². The van der Waals surface area contributed by atoms with Gasteiger partial charge in [0.2, 0.25) is 11.2 Å². The predicted molar refractivity (Wildman–Crippen MR) is 109 cm³/mol. The molecule has 1 rings (SSSR count). The standard InChI is InChI=1S/C19H16F17O4S2/c1-3-4-9-41(11-7-5-10(39-2)6-8-11)40-42(37,38)19(35,36)17(30,31)15(26,27)13(22,23)12(20,21)14(24,25)16(28,29)18(32,33)34/h5-8H,3-4,9H2,1-2H3/q+1. The molecule has 0 saturated heterocycles. The van der Waals surface area contributed by atoms with Crippen molar-refractivity contribution in [3.63, 3.8) is 0 Å². The van der Waals surface area contributed by atoms with Crippen LogP contribution in [0.1, 0.15) is 19.8 Å². The van der Waals surface area contributed by atoms with Crippen molar-refractivity contribution in [2.75, 3.05) is 12.9 Å². The SMILES string of the molecule is CCCC[S+](OS(=O)(=O)C(F)(F)C(F)(F)C(F)(F)C(F)(F)C(F)(F)C(F)(F)C(F)(F)C(F)(F)F)c1ccc(OC)cc1. The summed E-state index contributed by atoms with van der Waals surface area (Å²) < 4.78 is 262. The molecule has 1 aromatic rings. The highest BCUT2D eigenvalue weighted by Crippen LogP contribution is 2.64. The highest BCUT2D eigenvalue weighted by Gasteiger charge is 2.96. The molecule has 23 heteroatoms. The topological polar surface area (TPSA) is 52.6 Å². The van der Waals surface area contributed by atoms with Crippen molar-refractivity contribution < 1.29 is 91.4 Å². The lowest BCUT2D eigenvalue weighted by atomic mass is 9.91. The third kappa shape index (κ3) is 5.80. The second kappa shape index (κ2) is 11.5. The van der Waals surface area contributed by atoms with Crippen molar-refractivity contribution in [1.29, 1.82) is 0 Å². The number of unbranched alkanes of at least 4 members (excludes halogenated alkanes) is 1. The first kappa shape index (κ1) is 38.1. The van der Waals surface area contributed by atoms with Gasteiger partial charge in [-0.2, -0.15) is 83.1 Å². The molecule has 0 aliphatic rings. The Morgan fingerprint density at radius 2 is 1.02 bits per heavy atom. The van der Waals surface area contributed by atoms with Crippen LogP contribution < -0.4 is 4.74 Å². The fourth-order valence-corrected chi connectivity index (χ4v) is 6.11. The zero-order valence-corrected chi connectivity index (χ0v) is 21.9. The van der Waals surface area contributed by atoms with Crippen molar-refractivity contribution in [1.82, 2.24) is 0 Å². The van der Waals surface area contributed by atoms with Crippen molar-refractivity contribution in [3.8, 4) is 5.75 Å². The van der Waals surface area contributed by atoms with Gasteiger partial charge in [-0.05, 0) is 22.2 Å². The van der Waals surface area contributed by atoms with Gasteiger partial charge in [-0.15, -0.1) is 0 Å². The van der Waals surface area contributed by atoms with Crippen molar-refractivity contribution >= 4 is 21.3 Å². The zero-order valence-electron chi connectivity index (χ0n) is 20.3. The van der Waals surface area contributed by atoms with Gasteiger partial charge in [-0.3, -0.25) is 0 Å². The number of hydrogen-bond acceptors (Lipinski definition) is 4. The Balaban J connectivity index is 3.69. The number of rotatable bonds is 14. The van der Waals surface area contributed by atoms with E-state index in [0.29, 0.717) is 0 Å². The van der Waals surface area contributed by atoms with E-state index in [2.05, 4.69) is 3.63 Å². The summed E-state index contributed by atoms with van der Waals surface area (Å²) in [5, 5.41) is -7.73. The lowest BCUT2D eigenvalue weighted by Gasteiger charge is -2.42. The second-order valence-corrected chi connectivity index (χ2v) is 11.6. The van der Waals surface area contributed by atoms with E-state index in [0.717, 1.165) is 31.4 Å². The number of ether oxygens (including phenoxy) is 1. The largest absolute Gasteiger partial charge is 0.497 e. The predicted octanol–water partition coefficient (Wildman–Crippen LogP) is 7.70. The molecule has 0 N–H and O–H groups in total. The van der Waals surface area contributed by atoms with Gasteiger partial charge >= 0.3 is 57.1 Å². The van der Waals surface area contributed by atoms with Gasteiger partial charge in [0.15, 0.2) is 4.90 Å². The molecule has 0 aromatic heterocycles. The minimum Gasteiger partial charge on any atom is -0.497 e. The third-order valence-electron chi connectivity index (χ3n) is 5.18. The molecule has 0 aliphatic heterocycles. The summed E-state index contributed by atoms with van der Waals surface area (Å²) in [6.45, 7) is 1.41. The Kier molecular flexibility index (Phi) is 10.5. The van der Waals surface area contributed by atoms with E-state index >= 15 is 0 Å². The molecule has 246 valence electrons. The summed E-state index contributed by atoms with van der Waals surface area (Å²) >= 11 is -2.63. The van der Waals surface area contributed by atoms with Crippen LogP contribution in [0.2, 0.25) is 0 Å². The van der Waals surface area contributed by atoms with Crippen LogP contribution >= 0.6 is 0 Å². The molecular formula is C19H16F17O4S2+. The Morgan fingerprint density at radius 1 is 0.643 bits per heavy atom. The van der Waals surface area contributed by atoms with Crippen molar-refractivity contribution in [2.24, 2.45) is 0 Å². The van der Waals surface area contributed by atoms with Crippen LogP contribution in [0.25, 0.3) is 0 Å². The maximum absolute atomic E-state index is 14.4. The van der Waals surface area contributed by atoms with Gasteiger partial charge in [0.1, 0.15) is 11.5 Å². The Labute approximate surface area is 227 Å². The number of hydrogen-bond donors (Lipinski definition) is 0. The van der Waals surface area contributed by atoms with Crippen LogP contribution in [-0.2, 0) is 24.9 Å². The zero-order chi connectivity index (χ0) is 33.6. The van der Waals surface area contributed by atoms with Crippen LogP contribution in [-0.4, -0.2) is 68.2 Å². The second-order valence-electron chi connectivity index (χ2n) is 8.06. The van der Waals surface area contributed by atoms with Gasteiger partial charge in [-0.25, -0.2) is 0 Å². The van der Waals surface area contributed by atoms with Crippen LogP contribution in [0.3, 0.4) is 0 Å². The van der Waals surface area contributed by atoms with Crippen LogP contribution in [0.15, 0.2) is 29.2 Å². The molecule has 1 atom stereocenters. The van der Waals surface area contributed by atoms with Gasteiger partial charge in [0.25, 0.3) is 0 Å². The summed E-state index contributed by atoms with van der Waals surface area (Å²) in [6, 6.07) is 3.82. The summed E-state index contributed by atoms with van der Waals surface area (Å²) in [4.78, 5) is -0.440. The summed E-state index contributed by atoms with van der Waals surface area (Å²) in [5.41, 5.74) is 0. The van der Waals surface area contributed by atoms with E-state index < -0.39 is 78.9 Å². The highest BCUT2D eigenvalue weighted by atomic mass is 32.3. The van der Waals surface area contributed by atoms with Crippen molar-refractivity contribution in [3.05, 3.63) is 24.3 Å². The first-order chi connectivity index (χ1) is 18.5. The lowest BCUT2D eigenvalue weighted by molar-refractivity contribution is -0.458. The lowest BCUT2D eigenvalue weighted by Crippen LogP contribution is -2.75. The summed E-state index contributed by atoms with van der Waals surface area (Å²) in [6.07, 6.45) is -7.94. The minimum atomic E-state index is -8.90. The van der Waals surface area contributed by atoms with E-state index in [-0.39, 0.29) is 18.6 Å². The highest BCUT2D eigenvalue weighted by molar-refractivity contribution is 8.03. The van der Waals surface area contributed by atoms with Crippen molar-refractivity contribution in [2.45, 2.75) is 71.6 Å². The molecule has 0 spiro atoms. The van der Waals surface area contributed by atoms with E-state index in [1.807, 2.05) is 0 Å².